The van der Waals surface area contributed by atoms with Gasteiger partial charge in [0, 0.05) is 25.7 Å². The molecule has 0 saturated carbocycles. The van der Waals surface area contributed by atoms with Crippen LogP contribution in [0.25, 0.3) is 0 Å². The maximum absolute atomic E-state index is 11.7. The summed E-state index contributed by atoms with van der Waals surface area (Å²) in [5, 5.41) is 19.8. The van der Waals surface area contributed by atoms with Crippen molar-refractivity contribution in [3.63, 3.8) is 0 Å². The second kappa shape index (κ2) is 7.01. The molecule has 0 spiro atoms. The fourth-order valence-electron chi connectivity index (χ4n) is 1.43. The fourth-order valence-corrected chi connectivity index (χ4v) is 1.43. The van der Waals surface area contributed by atoms with Gasteiger partial charge in [0.15, 0.2) is 0 Å². The van der Waals surface area contributed by atoms with Crippen LogP contribution in [0.4, 0.5) is 10.5 Å². The molecule has 0 atom stereocenters. The second-order valence-electron chi connectivity index (χ2n) is 3.95. The Kier molecular flexibility index (Phi) is 5.35. The van der Waals surface area contributed by atoms with Gasteiger partial charge in [0.25, 0.3) is 0 Å². The van der Waals surface area contributed by atoms with Gasteiger partial charge in [-0.15, -0.1) is 0 Å². The first-order valence-corrected chi connectivity index (χ1v) is 5.78. The third kappa shape index (κ3) is 4.68. The minimum atomic E-state index is -0.880. The van der Waals surface area contributed by atoms with Crippen molar-refractivity contribution in [2.24, 2.45) is 0 Å². The van der Waals surface area contributed by atoms with Crippen molar-refractivity contribution < 1.29 is 14.7 Å². The first-order valence-electron chi connectivity index (χ1n) is 5.78. The van der Waals surface area contributed by atoms with Crippen LogP contribution >= 0.6 is 0 Å². The molecule has 100 valence electrons. The van der Waals surface area contributed by atoms with E-state index in [-0.39, 0.29) is 12.5 Å². The van der Waals surface area contributed by atoms with Gasteiger partial charge in [-0.05, 0) is 30.7 Å². The van der Waals surface area contributed by atoms with Gasteiger partial charge in [0.1, 0.15) is 0 Å². The molecule has 0 aliphatic carbocycles. The first-order chi connectivity index (χ1) is 9.04. The van der Waals surface area contributed by atoms with Crippen LogP contribution in [0.2, 0.25) is 0 Å². The van der Waals surface area contributed by atoms with Crippen LogP contribution in [0, 0.1) is 11.3 Å². The van der Waals surface area contributed by atoms with Crippen LogP contribution in [0.5, 0.6) is 0 Å². The van der Waals surface area contributed by atoms with E-state index >= 15 is 0 Å². The van der Waals surface area contributed by atoms with Crippen LogP contribution in [-0.2, 0) is 4.79 Å². The van der Waals surface area contributed by atoms with E-state index < -0.39 is 5.97 Å². The first kappa shape index (κ1) is 14.5. The molecule has 0 heterocycles. The third-order valence-electron chi connectivity index (χ3n) is 2.53. The van der Waals surface area contributed by atoms with Crippen molar-refractivity contribution in [1.82, 2.24) is 5.32 Å². The molecule has 1 aromatic rings. The predicted octanol–water partition coefficient (Wildman–Crippen LogP) is 1.57. The number of benzene rings is 1. The monoisotopic (exact) mass is 261 g/mol. The molecule has 0 radical (unpaired) electrons. The summed E-state index contributed by atoms with van der Waals surface area (Å²) < 4.78 is 0. The molecule has 0 saturated heterocycles. The van der Waals surface area contributed by atoms with E-state index in [0.717, 1.165) is 0 Å². The number of nitrogens with one attached hydrogen (secondary N) is 1. The van der Waals surface area contributed by atoms with Crippen molar-refractivity contribution in [3.8, 4) is 6.07 Å². The molecule has 0 aromatic heterocycles. The Morgan fingerprint density at radius 2 is 2.00 bits per heavy atom. The Morgan fingerprint density at radius 1 is 1.37 bits per heavy atom. The van der Waals surface area contributed by atoms with Gasteiger partial charge < -0.3 is 10.4 Å². The van der Waals surface area contributed by atoms with E-state index in [2.05, 4.69) is 5.32 Å². The van der Waals surface area contributed by atoms with E-state index in [0.29, 0.717) is 24.2 Å². The van der Waals surface area contributed by atoms with Crippen molar-refractivity contribution in [3.05, 3.63) is 29.8 Å². The van der Waals surface area contributed by atoms with Crippen LogP contribution in [0.1, 0.15) is 18.4 Å². The number of urea groups is 1. The fraction of sp³-hybridized carbons (Fsp3) is 0.308. The number of amides is 2. The molecular formula is C13H15N3O3. The molecule has 1 rings (SSSR count). The Hall–Kier alpha value is -2.55. The van der Waals surface area contributed by atoms with Crippen molar-refractivity contribution in [1.29, 1.82) is 5.26 Å². The predicted molar refractivity (Wildman–Crippen MR) is 69.8 cm³/mol. The molecule has 1 aromatic carbocycles. The van der Waals surface area contributed by atoms with Crippen LogP contribution < -0.4 is 10.2 Å². The van der Waals surface area contributed by atoms with Gasteiger partial charge in [-0.2, -0.15) is 5.26 Å². The topological polar surface area (TPSA) is 93.4 Å². The molecule has 6 nitrogen and oxygen atoms in total. The lowest BCUT2D eigenvalue weighted by Crippen LogP contribution is -2.37. The normalized spacial score (nSPS) is 9.47. The average Bonchev–Trinajstić information content (AvgIpc) is 2.42. The Bertz CT molecular complexity index is 491. The Morgan fingerprint density at radius 3 is 2.53 bits per heavy atom. The summed E-state index contributed by atoms with van der Waals surface area (Å²) >= 11 is 0. The smallest absolute Gasteiger partial charge is 0.321 e. The molecule has 6 heteroatoms. The summed E-state index contributed by atoms with van der Waals surface area (Å²) in [4.78, 5) is 23.5. The van der Waals surface area contributed by atoms with E-state index in [1.54, 1.807) is 31.3 Å². The molecule has 0 unspecified atom stereocenters. The number of rotatable bonds is 5. The zero-order chi connectivity index (χ0) is 14.3. The van der Waals surface area contributed by atoms with Gasteiger partial charge in [-0.1, -0.05) is 0 Å². The second-order valence-corrected chi connectivity index (χ2v) is 3.95. The number of anilines is 1. The lowest BCUT2D eigenvalue weighted by Gasteiger charge is -2.17. The number of nitriles is 1. The molecule has 2 amide bonds. The minimum Gasteiger partial charge on any atom is -0.481 e. The number of aliphatic carboxylic acids is 1. The number of carbonyl (C=O) groups is 2. The van der Waals surface area contributed by atoms with Gasteiger partial charge >= 0.3 is 12.0 Å². The third-order valence-corrected chi connectivity index (χ3v) is 2.53. The Balaban J connectivity index is 2.47. The van der Waals surface area contributed by atoms with Crippen LogP contribution in [0.15, 0.2) is 24.3 Å². The maximum Gasteiger partial charge on any atom is 0.321 e. The minimum absolute atomic E-state index is 0.0286. The Labute approximate surface area is 111 Å². The largest absolute Gasteiger partial charge is 0.481 e. The summed E-state index contributed by atoms with van der Waals surface area (Å²) in [6.07, 6.45) is 0.420. The highest BCUT2D eigenvalue weighted by Crippen LogP contribution is 2.13. The van der Waals surface area contributed by atoms with Crippen LogP contribution in [-0.4, -0.2) is 30.7 Å². The highest BCUT2D eigenvalue weighted by Gasteiger charge is 2.10. The molecule has 0 aliphatic rings. The van der Waals surface area contributed by atoms with Gasteiger partial charge in [-0.25, -0.2) is 4.79 Å². The number of nitrogens with zero attached hydrogens (tertiary/aromatic N) is 2. The summed E-state index contributed by atoms with van der Waals surface area (Å²) in [7, 11) is 1.61. The average molecular weight is 261 g/mol. The van der Waals surface area contributed by atoms with Gasteiger partial charge in [0.05, 0.1) is 11.6 Å². The van der Waals surface area contributed by atoms with Gasteiger partial charge in [0.2, 0.25) is 0 Å². The molecule has 2 N–H and O–H groups in total. The zero-order valence-corrected chi connectivity index (χ0v) is 10.6. The SMILES string of the molecule is CN(C(=O)NCCCC(=O)O)c1ccc(C#N)cc1. The van der Waals surface area contributed by atoms with E-state index in [1.165, 1.54) is 4.90 Å². The molecule has 0 aliphatic heterocycles. The number of carboxylic acids is 1. The summed E-state index contributed by atoms with van der Waals surface area (Å²) in [6, 6.07) is 8.30. The summed E-state index contributed by atoms with van der Waals surface area (Å²) in [5.74, 6) is -0.880. The van der Waals surface area contributed by atoms with Crippen LogP contribution in [0.3, 0.4) is 0 Å². The maximum atomic E-state index is 11.7. The number of carboxylic acid groups (broad SMARTS) is 1. The standard InChI is InChI=1S/C13H15N3O3/c1-16(11-6-4-10(9-14)5-7-11)13(19)15-8-2-3-12(17)18/h4-7H,2-3,8H2,1H3,(H,15,19)(H,17,18). The highest BCUT2D eigenvalue weighted by atomic mass is 16.4. The number of hydrogen-bond donors (Lipinski definition) is 2. The molecular weight excluding hydrogens is 246 g/mol. The molecule has 0 fully saturated rings. The van der Waals surface area contributed by atoms with Crippen molar-refractivity contribution >= 4 is 17.7 Å². The van der Waals surface area contributed by atoms with E-state index in [9.17, 15) is 9.59 Å². The number of carbonyl (C=O) groups excluding carboxylic acids is 1. The van der Waals surface area contributed by atoms with Crippen molar-refractivity contribution in [2.75, 3.05) is 18.5 Å². The van der Waals surface area contributed by atoms with E-state index in [4.69, 9.17) is 10.4 Å². The number of hydrogen-bond acceptors (Lipinski definition) is 3. The lowest BCUT2D eigenvalue weighted by atomic mass is 10.2. The highest BCUT2D eigenvalue weighted by molar-refractivity contribution is 5.91. The summed E-state index contributed by atoms with van der Waals surface area (Å²) in [5.41, 5.74) is 1.19. The zero-order valence-electron chi connectivity index (χ0n) is 10.6. The quantitative estimate of drug-likeness (QED) is 0.787. The van der Waals surface area contributed by atoms with Gasteiger partial charge in [-0.3, -0.25) is 9.69 Å². The van der Waals surface area contributed by atoms with Crippen molar-refractivity contribution in [2.45, 2.75) is 12.8 Å². The molecule has 19 heavy (non-hydrogen) atoms. The van der Waals surface area contributed by atoms with E-state index in [1.807, 2.05) is 6.07 Å². The molecule has 0 bridgehead atoms. The summed E-state index contributed by atoms with van der Waals surface area (Å²) in [6.45, 7) is 0.311. The lowest BCUT2D eigenvalue weighted by molar-refractivity contribution is -0.137.